The van der Waals surface area contributed by atoms with E-state index in [0.29, 0.717) is 38.1 Å². The highest BCUT2D eigenvalue weighted by Crippen LogP contribution is 2.02. The van der Waals surface area contributed by atoms with E-state index in [0.717, 1.165) is 0 Å². The van der Waals surface area contributed by atoms with Crippen LogP contribution in [0.1, 0.15) is 5.82 Å². The molecule has 1 fully saturated rings. The van der Waals surface area contributed by atoms with Crippen LogP contribution in [0.5, 0.6) is 0 Å². The molecule has 2 heterocycles. The average molecular weight is 211 g/mol. The van der Waals surface area contributed by atoms with Crippen molar-refractivity contribution in [2.24, 2.45) is 0 Å². The average Bonchev–Trinajstić information content (AvgIpc) is 2.65. The second-order valence-electron chi connectivity index (χ2n) is 3.27. The fraction of sp³-hybridized carbons (Fsp3) is 0.625. The number of aromatic amines is 1. The molecule has 1 aromatic heterocycles. The van der Waals surface area contributed by atoms with Gasteiger partial charge in [0.2, 0.25) is 5.95 Å². The Labute approximate surface area is 86.8 Å². The van der Waals surface area contributed by atoms with Crippen LogP contribution in [0.25, 0.3) is 0 Å². The van der Waals surface area contributed by atoms with E-state index in [9.17, 15) is 4.79 Å². The first-order chi connectivity index (χ1) is 7.25. The summed E-state index contributed by atoms with van der Waals surface area (Å²) >= 11 is 0. The summed E-state index contributed by atoms with van der Waals surface area (Å²) in [5.74, 6) is 0.983. The molecule has 1 aliphatic rings. The van der Waals surface area contributed by atoms with Gasteiger partial charge in [-0.05, 0) is 6.92 Å². The van der Waals surface area contributed by atoms with Gasteiger partial charge in [0.05, 0.1) is 13.2 Å². The standard InChI is InChI=1S/C8H13N5O2/c1-6-9-7(12-11-6)10-8(14)13-2-4-15-5-3-13/h2-5H2,1H3,(H2,9,10,11,12,14). The second kappa shape index (κ2) is 4.26. The van der Waals surface area contributed by atoms with Gasteiger partial charge in [0, 0.05) is 13.1 Å². The quantitative estimate of drug-likeness (QED) is 0.683. The van der Waals surface area contributed by atoms with Gasteiger partial charge in [-0.2, -0.15) is 4.98 Å². The van der Waals surface area contributed by atoms with Crippen LogP contribution in [0, 0.1) is 6.92 Å². The largest absolute Gasteiger partial charge is 0.378 e. The predicted molar refractivity (Wildman–Crippen MR) is 52.5 cm³/mol. The summed E-state index contributed by atoms with van der Waals surface area (Å²) in [6.45, 7) is 4.16. The number of rotatable bonds is 1. The first kappa shape index (κ1) is 9.91. The van der Waals surface area contributed by atoms with Crippen LogP contribution in [0.3, 0.4) is 0 Å². The summed E-state index contributed by atoms with van der Waals surface area (Å²) in [5.41, 5.74) is 0. The fourth-order valence-electron chi connectivity index (χ4n) is 1.34. The lowest BCUT2D eigenvalue weighted by Gasteiger charge is -2.26. The second-order valence-corrected chi connectivity index (χ2v) is 3.27. The number of nitrogens with zero attached hydrogens (tertiary/aromatic N) is 3. The zero-order valence-electron chi connectivity index (χ0n) is 8.49. The molecule has 0 spiro atoms. The van der Waals surface area contributed by atoms with Crippen LogP contribution in [-0.2, 0) is 4.74 Å². The van der Waals surface area contributed by atoms with E-state index < -0.39 is 0 Å². The van der Waals surface area contributed by atoms with Crippen molar-refractivity contribution < 1.29 is 9.53 Å². The Hall–Kier alpha value is -1.63. The Kier molecular flexibility index (Phi) is 2.82. The van der Waals surface area contributed by atoms with Crippen LogP contribution < -0.4 is 5.32 Å². The summed E-state index contributed by atoms with van der Waals surface area (Å²) in [7, 11) is 0. The summed E-state index contributed by atoms with van der Waals surface area (Å²) in [6, 6.07) is -0.183. The number of amides is 2. The minimum Gasteiger partial charge on any atom is -0.378 e. The van der Waals surface area contributed by atoms with Gasteiger partial charge in [-0.25, -0.2) is 4.79 Å². The molecular formula is C8H13N5O2. The number of ether oxygens (including phenoxy) is 1. The van der Waals surface area contributed by atoms with Crippen molar-refractivity contribution in [3.05, 3.63) is 5.82 Å². The van der Waals surface area contributed by atoms with Gasteiger partial charge in [-0.1, -0.05) is 0 Å². The Bertz CT molecular complexity index is 345. The molecule has 7 heteroatoms. The van der Waals surface area contributed by atoms with Crippen molar-refractivity contribution in [3.8, 4) is 0 Å². The lowest BCUT2D eigenvalue weighted by Crippen LogP contribution is -2.43. The molecule has 0 atom stereocenters. The molecule has 2 rings (SSSR count). The topological polar surface area (TPSA) is 83.1 Å². The minimum atomic E-state index is -0.183. The van der Waals surface area contributed by atoms with Crippen molar-refractivity contribution in [2.45, 2.75) is 6.92 Å². The molecule has 7 nitrogen and oxygen atoms in total. The maximum atomic E-state index is 11.6. The van der Waals surface area contributed by atoms with Crippen molar-refractivity contribution >= 4 is 12.0 Å². The number of morpholine rings is 1. The van der Waals surface area contributed by atoms with Gasteiger partial charge < -0.3 is 9.64 Å². The smallest absolute Gasteiger partial charge is 0.324 e. The van der Waals surface area contributed by atoms with Crippen LogP contribution in [0.4, 0.5) is 10.7 Å². The molecular weight excluding hydrogens is 198 g/mol. The Morgan fingerprint density at radius 1 is 1.53 bits per heavy atom. The highest BCUT2D eigenvalue weighted by molar-refractivity contribution is 5.87. The Morgan fingerprint density at radius 2 is 2.27 bits per heavy atom. The van der Waals surface area contributed by atoms with Crippen molar-refractivity contribution in [1.82, 2.24) is 20.1 Å². The molecule has 1 aromatic rings. The number of anilines is 1. The van der Waals surface area contributed by atoms with E-state index in [1.54, 1.807) is 11.8 Å². The van der Waals surface area contributed by atoms with E-state index in [2.05, 4.69) is 20.5 Å². The fourth-order valence-corrected chi connectivity index (χ4v) is 1.34. The van der Waals surface area contributed by atoms with Gasteiger partial charge in [0.25, 0.3) is 0 Å². The van der Waals surface area contributed by atoms with Crippen LogP contribution in [-0.4, -0.2) is 52.4 Å². The van der Waals surface area contributed by atoms with Gasteiger partial charge in [-0.3, -0.25) is 10.4 Å². The molecule has 15 heavy (non-hydrogen) atoms. The monoisotopic (exact) mass is 211 g/mol. The van der Waals surface area contributed by atoms with Crippen LogP contribution >= 0.6 is 0 Å². The van der Waals surface area contributed by atoms with E-state index in [1.165, 1.54) is 0 Å². The van der Waals surface area contributed by atoms with Gasteiger partial charge in [0.1, 0.15) is 5.82 Å². The zero-order valence-corrected chi connectivity index (χ0v) is 8.49. The summed E-state index contributed by atoms with van der Waals surface area (Å²) in [4.78, 5) is 17.3. The van der Waals surface area contributed by atoms with Gasteiger partial charge in [0.15, 0.2) is 0 Å². The number of carbonyl (C=O) groups excluding carboxylic acids is 1. The Balaban J connectivity index is 1.91. The molecule has 1 aliphatic heterocycles. The minimum absolute atomic E-state index is 0.183. The first-order valence-electron chi connectivity index (χ1n) is 4.78. The normalized spacial score (nSPS) is 16.5. The number of urea groups is 1. The lowest BCUT2D eigenvalue weighted by molar-refractivity contribution is 0.0564. The first-order valence-corrected chi connectivity index (χ1v) is 4.78. The third kappa shape index (κ3) is 2.44. The van der Waals surface area contributed by atoms with Crippen LogP contribution in [0.2, 0.25) is 0 Å². The summed E-state index contributed by atoms with van der Waals surface area (Å²) < 4.78 is 5.15. The number of carbonyl (C=O) groups is 1. The molecule has 1 saturated heterocycles. The maximum absolute atomic E-state index is 11.6. The zero-order chi connectivity index (χ0) is 10.7. The van der Waals surface area contributed by atoms with Crippen molar-refractivity contribution in [2.75, 3.05) is 31.6 Å². The number of hydrogen-bond donors (Lipinski definition) is 2. The van der Waals surface area contributed by atoms with Crippen LogP contribution in [0.15, 0.2) is 0 Å². The maximum Gasteiger partial charge on any atom is 0.324 e. The van der Waals surface area contributed by atoms with Gasteiger partial charge in [-0.15, -0.1) is 5.10 Å². The molecule has 2 amide bonds. The number of aromatic nitrogens is 3. The highest BCUT2D eigenvalue weighted by atomic mass is 16.5. The van der Waals surface area contributed by atoms with E-state index >= 15 is 0 Å². The lowest BCUT2D eigenvalue weighted by atomic mass is 10.4. The number of aryl methyl sites for hydroxylation is 1. The molecule has 0 unspecified atom stereocenters. The van der Waals surface area contributed by atoms with Crippen molar-refractivity contribution in [1.29, 1.82) is 0 Å². The molecule has 2 N–H and O–H groups in total. The molecule has 0 saturated carbocycles. The van der Waals surface area contributed by atoms with Crippen molar-refractivity contribution in [3.63, 3.8) is 0 Å². The summed E-state index contributed by atoms with van der Waals surface area (Å²) in [5, 5.41) is 9.09. The van der Waals surface area contributed by atoms with E-state index in [-0.39, 0.29) is 6.03 Å². The molecule has 0 aromatic carbocycles. The SMILES string of the molecule is Cc1nc(NC(=O)N2CCOCC2)n[nH]1. The number of nitrogens with one attached hydrogen (secondary N) is 2. The van der Waals surface area contributed by atoms with E-state index in [4.69, 9.17) is 4.74 Å². The third-order valence-corrected chi connectivity index (χ3v) is 2.11. The molecule has 0 aliphatic carbocycles. The molecule has 82 valence electrons. The molecule has 0 radical (unpaired) electrons. The predicted octanol–water partition coefficient (Wildman–Crippen LogP) is -0.0228. The number of hydrogen-bond acceptors (Lipinski definition) is 4. The highest BCUT2D eigenvalue weighted by Gasteiger charge is 2.17. The summed E-state index contributed by atoms with van der Waals surface area (Å²) in [6.07, 6.45) is 0. The molecule has 0 bridgehead atoms. The Morgan fingerprint density at radius 3 is 2.87 bits per heavy atom. The number of H-pyrrole nitrogens is 1. The van der Waals surface area contributed by atoms with E-state index in [1.807, 2.05) is 0 Å². The third-order valence-electron chi connectivity index (χ3n) is 2.11. The van der Waals surface area contributed by atoms with Gasteiger partial charge >= 0.3 is 6.03 Å².